The Morgan fingerprint density at radius 3 is 2.94 bits per heavy atom. The molecule has 2 aromatic heterocycles. The van der Waals surface area contributed by atoms with Crippen LogP contribution in [0.3, 0.4) is 0 Å². The third-order valence-electron chi connectivity index (χ3n) is 2.98. The fraction of sp³-hybridized carbons (Fsp3) is 0.231. The Balaban J connectivity index is 2.16. The normalized spacial score (nSPS) is 11.2. The third-order valence-corrected chi connectivity index (χ3v) is 4.13. The number of aryl methyl sites for hydroxylation is 2. The van der Waals surface area contributed by atoms with Gasteiger partial charge < -0.3 is 9.55 Å². The summed E-state index contributed by atoms with van der Waals surface area (Å²) >= 11 is 7.07. The summed E-state index contributed by atoms with van der Waals surface area (Å²) in [6.07, 6.45) is 0. The van der Waals surface area contributed by atoms with Gasteiger partial charge in [-0.3, -0.25) is 0 Å². The highest BCUT2D eigenvalue weighted by atomic mass is 32.1. The highest BCUT2D eigenvalue weighted by Crippen LogP contribution is 2.20. The van der Waals surface area contributed by atoms with Gasteiger partial charge in [-0.05, 0) is 37.7 Å². The lowest BCUT2D eigenvalue weighted by Gasteiger charge is -2.04. The number of imidazole rings is 1. The summed E-state index contributed by atoms with van der Waals surface area (Å²) in [5.41, 5.74) is 4.56. The molecule has 2 heterocycles. The maximum absolute atomic E-state index is 5.40. The zero-order valence-corrected chi connectivity index (χ0v) is 11.9. The van der Waals surface area contributed by atoms with Gasteiger partial charge in [-0.1, -0.05) is 12.1 Å². The number of para-hydroxylation sites is 1. The Morgan fingerprint density at radius 1 is 1.39 bits per heavy atom. The van der Waals surface area contributed by atoms with Gasteiger partial charge in [0.05, 0.1) is 28.3 Å². The third kappa shape index (κ3) is 1.89. The van der Waals surface area contributed by atoms with Gasteiger partial charge in [0.25, 0.3) is 0 Å². The monoisotopic (exact) mass is 275 g/mol. The molecule has 0 atom stereocenters. The summed E-state index contributed by atoms with van der Waals surface area (Å²) in [6.45, 7) is 4.86. The zero-order valence-electron chi connectivity index (χ0n) is 10.2. The van der Waals surface area contributed by atoms with E-state index in [1.54, 1.807) is 11.3 Å². The van der Waals surface area contributed by atoms with E-state index in [0.717, 1.165) is 27.5 Å². The lowest BCUT2D eigenvalue weighted by atomic mass is 10.2. The predicted octanol–water partition coefficient (Wildman–Crippen LogP) is 3.82. The zero-order chi connectivity index (χ0) is 12.7. The Kier molecular flexibility index (Phi) is 2.80. The Bertz CT molecular complexity index is 764. The van der Waals surface area contributed by atoms with Crippen molar-refractivity contribution >= 4 is 34.6 Å². The summed E-state index contributed by atoms with van der Waals surface area (Å²) in [7, 11) is 0. The summed E-state index contributed by atoms with van der Waals surface area (Å²) in [5, 5.41) is 3.18. The standard InChI is InChI=1S/C13H13N3S2/c1-8-4-3-5-11-12(8)16(13(17)15-11)6-10-7-18-9(2)14-10/h3-5,7H,6H2,1-2H3,(H,15,17). The van der Waals surface area contributed by atoms with Crippen LogP contribution in [0.5, 0.6) is 0 Å². The molecule has 0 unspecified atom stereocenters. The van der Waals surface area contributed by atoms with Crippen LogP contribution < -0.4 is 0 Å². The van der Waals surface area contributed by atoms with Crippen molar-refractivity contribution in [2.45, 2.75) is 20.4 Å². The van der Waals surface area contributed by atoms with Crippen LogP contribution in [0.15, 0.2) is 23.6 Å². The molecule has 0 bridgehead atoms. The van der Waals surface area contributed by atoms with Gasteiger partial charge in [-0.25, -0.2) is 4.98 Å². The molecule has 3 nitrogen and oxygen atoms in total. The molecule has 18 heavy (non-hydrogen) atoms. The summed E-state index contributed by atoms with van der Waals surface area (Å²) in [4.78, 5) is 7.75. The molecule has 0 aliphatic heterocycles. The second kappa shape index (κ2) is 4.33. The van der Waals surface area contributed by atoms with Crippen LogP contribution in [0.25, 0.3) is 11.0 Å². The molecule has 0 fully saturated rings. The lowest BCUT2D eigenvalue weighted by Crippen LogP contribution is -2.01. The molecule has 92 valence electrons. The molecule has 0 aliphatic carbocycles. The molecule has 3 aromatic rings. The van der Waals surface area contributed by atoms with Crippen LogP contribution in [0.1, 0.15) is 16.3 Å². The van der Waals surface area contributed by atoms with Crippen LogP contribution in [0.2, 0.25) is 0 Å². The van der Waals surface area contributed by atoms with Crippen molar-refractivity contribution < 1.29 is 0 Å². The van der Waals surface area contributed by atoms with Gasteiger partial charge in [0, 0.05) is 5.38 Å². The fourth-order valence-electron chi connectivity index (χ4n) is 2.20. The van der Waals surface area contributed by atoms with Crippen molar-refractivity contribution in [1.82, 2.24) is 14.5 Å². The number of aromatic nitrogens is 3. The first kappa shape index (κ1) is 11.6. The maximum atomic E-state index is 5.40. The number of aromatic amines is 1. The first-order chi connectivity index (χ1) is 8.65. The first-order valence-electron chi connectivity index (χ1n) is 5.74. The summed E-state index contributed by atoms with van der Waals surface area (Å²) in [6, 6.07) is 6.20. The lowest BCUT2D eigenvalue weighted by molar-refractivity contribution is 0.787. The van der Waals surface area contributed by atoms with E-state index in [4.69, 9.17) is 12.2 Å². The molecule has 0 aliphatic rings. The van der Waals surface area contributed by atoms with Crippen molar-refractivity contribution in [3.63, 3.8) is 0 Å². The van der Waals surface area contributed by atoms with E-state index in [2.05, 4.69) is 39.0 Å². The van der Waals surface area contributed by atoms with E-state index in [1.165, 1.54) is 11.1 Å². The van der Waals surface area contributed by atoms with Gasteiger partial charge in [0.2, 0.25) is 0 Å². The minimum absolute atomic E-state index is 0.730. The molecular formula is C13H13N3S2. The maximum Gasteiger partial charge on any atom is 0.178 e. The van der Waals surface area contributed by atoms with Gasteiger partial charge in [0.15, 0.2) is 4.77 Å². The van der Waals surface area contributed by atoms with Crippen molar-refractivity contribution in [2.75, 3.05) is 0 Å². The highest BCUT2D eigenvalue weighted by molar-refractivity contribution is 7.71. The quantitative estimate of drug-likeness (QED) is 0.721. The van der Waals surface area contributed by atoms with Crippen molar-refractivity contribution in [2.24, 2.45) is 0 Å². The molecule has 3 rings (SSSR count). The van der Waals surface area contributed by atoms with E-state index in [-0.39, 0.29) is 0 Å². The smallest absolute Gasteiger partial charge is 0.178 e. The number of nitrogens with zero attached hydrogens (tertiary/aromatic N) is 2. The first-order valence-corrected chi connectivity index (χ1v) is 7.03. The Morgan fingerprint density at radius 2 is 2.22 bits per heavy atom. The minimum Gasteiger partial charge on any atom is -0.331 e. The van der Waals surface area contributed by atoms with E-state index in [0.29, 0.717) is 0 Å². The van der Waals surface area contributed by atoms with E-state index < -0.39 is 0 Å². The number of hydrogen-bond donors (Lipinski definition) is 1. The van der Waals surface area contributed by atoms with Gasteiger partial charge in [-0.2, -0.15) is 0 Å². The largest absolute Gasteiger partial charge is 0.331 e. The minimum atomic E-state index is 0.730. The SMILES string of the molecule is Cc1nc(Cn2c(=S)[nH]c3cccc(C)c32)cs1. The van der Waals surface area contributed by atoms with E-state index >= 15 is 0 Å². The molecule has 0 radical (unpaired) electrons. The van der Waals surface area contributed by atoms with Gasteiger partial charge >= 0.3 is 0 Å². The number of benzene rings is 1. The number of hydrogen-bond acceptors (Lipinski definition) is 3. The molecule has 0 spiro atoms. The average Bonchev–Trinajstić information content (AvgIpc) is 2.85. The molecule has 1 aromatic carbocycles. The number of fused-ring (bicyclic) bond motifs is 1. The second-order valence-corrected chi connectivity index (χ2v) is 5.79. The van der Waals surface area contributed by atoms with Crippen LogP contribution in [0.4, 0.5) is 0 Å². The fourth-order valence-corrected chi connectivity index (χ4v) is 3.07. The van der Waals surface area contributed by atoms with Gasteiger partial charge in [0.1, 0.15) is 0 Å². The second-order valence-electron chi connectivity index (χ2n) is 4.35. The Hall–Kier alpha value is -1.46. The molecular weight excluding hydrogens is 262 g/mol. The number of thiazole rings is 1. The van der Waals surface area contributed by atoms with Crippen LogP contribution in [0, 0.1) is 18.6 Å². The Labute approximate surface area is 114 Å². The molecule has 0 saturated carbocycles. The summed E-state index contributed by atoms with van der Waals surface area (Å²) in [5.74, 6) is 0. The van der Waals surface area contributed by atoms with Crippen molar-refractivity contribution in [1.29, 1.82) is 0 Å². The van der Waals surface area contributed by atoms with Crippen LogP contribution in [-0.4, -0.2) is 14.5 Å². The molecule has 0 saturated heterocycles. The highest BCUT2D eigenvalue weighted by Gasteiger charge is 2.08. The topological polar surface area (TPSA) is 33.6 Å². The number of H-pyrrole nitrogens is 1. The molecule has 1 N–H and O–H groups in total. The average molecular weight is 275 g/mol. The van der Waals surface area contributed by atoms with Crippen LogP contribution >= 0.6 is 23.6 Å². The van der Waals surface area contributed by atoms with E-state index in [1.807, 2.05) is 13.0 Å². The molecule has 5 heteroatoms. The number of rotatable bonds is 2. The summed E-state index contributed by atoms with van der Waals surface area (Å²) < 4.78 is 2.87. The predicted molar refractivity (Wildman–Crippen MR) is 77.8 cm³/mol. The molecule has 0 amide bonds. The van der Waals surface area contributed by atoms with Gasteiger partial charge in [-0.15, -0.1) is 11.3 Å². The van der Waals surface area contributed by atoms with Crippen molar-refractivity contribution in [3.05, 3.63) is 44.6 Å². The van der Waals surface area contributed by atoms with Crippen molar-refractivity contribution in [3.8, 4) is 0 Å². The number of nitrogens with one attached hydrogen (secondary N) is 1. The van der Waals surface area contributed by atoms with E-state index in [9.17, 15) is 0 Å². The van der Waals surface area contributed by atoms with Crippen LogP contribution in [-0.2, 0) is 6.54 Å².